The summed E-state index contributed by atoms with van der Waals surface area (Å²) in [6, 6.07) is -0.107. The Morgan fingerprint density at radius 1 is 1.56 bits per heavy atom. The van der Waals surface area contributed by atoms with Crippen LogP contribution >= 0.6 is 0 Å². The highest BCUT2D eigenvalue weighted by atomic mass is 16.3. The fraction of sp³-hybridized carbons (Fsp3) is 0.917. The first-order valence-electron chi connectivity index (χ1n) is 6.24. The Labute approximate surface area is 97.8 Å². The van der Waals surface area contributed by atoms with Gasteiger partial charge in [0.05, 0.1) is 12.6 Å². The van der Waals surface area contributed by atoms with Crippen molar-refractivity contribution < 1.29 is 9.90 Å². The molecule has 1 fully saturated rings. The van der Waals surface area contributed by atoms with E-state index in [4.69, 9.17) is 5.11 Å². The summed E-state index contributed by atoms with van der Waals surface area (Å²) in [6.07, 6.45) is 2.87. The van der Waals surface area contributed by atoms with Gasteiger partial charge in [-0.3, -0.25) is 4.79 Å². The molecule has 1 heterocycles. The number of piperidine rings is 1. The van der Waals surface area contributed by atoms with Crippen LogP contribution in [0.1, 0.15) is 33.1 Å². The Balaban J connectivity index is 2.28. The van der Waals surface area contributed by atoms with Crippen LogP contribution in [0.5, 0.6) is 0 Å². The quantitative estimate of drug-likeness (QED) is 0.642. The SMILES string of the molecule is CC(C)[C@@H](CO)NC(=O)CC1CCCNC1. The Morgan fingerprint density at radius 2 is 2.31 bits per heavy atom. The molecule has 0 aromatic rings. The van der Waals surface area contributed by atoms with E-state index in [0.717, 1.165) is 25.9 Å². The minimum Gasteiger partial charge on any atom is -0.394 e. The van der Waals surface area contributed by atoms with Gasteiger partial charge in [-0.1, -0.05) is 13.8 Å². The maximum Gasteiger partial charge on any atom is 0.220 e. The Hall–Kier alpha value is -0.610. The second-order valence-electron chi connectivity index (χ2n) is 5.02. The molecule has 94 valence electrons. The van der Waals surface area contributed by atoms with E-state index in [0.29, 0.717) is 12.3 Å². The predicted molar refractivity (Wildman–Crippen MR) is 64.1 cm³/mol. The molecular weight excluding hydrogens is 204 g/mol. The minimum absolute atomic E-state index is 0.0202. The van der Waals surface area contributed by atoms with E-state index >= 15 is 0 Å². The fourth-order valence-corrected chi connectivity index (χ4v) is 2.05. The molecule has 16 heavy (non-hydrogen) atoms. The van der Waals surface area contributed by atoms with E-state index in [2.05, 4.69) is 10.6 Å². The van der Waals surface area contributed by atoms with Crippen LogP contribution in [0.25, 0.3) is 0 Å². The molecule has 2 atom stereocenters. The largest absolute Gasteiger partial charge is 0.394 e. The van der Waals surface area contributed by atoms with Crippen LogP contribution in [0, 0.1) is 11.8 Å². The van der Waals surface area contributed by atoms with Gasteiger partial charge >= 0.3 is 0 Å². The number of carbonyl (C=O) groups excluding carboxylic acids is 1. The van der Waals surface area contributed by atoms with Crippen LogP contribution in [-0.4, -0.2) is 36.8 Å². The second-order valence-corrected chi connectivity index (χ2v) is 5.02. The Bertz CT molecular complexity index is 213. The van der Waals surface area contributed by atoms with Gasteiger partial charge in [-0.05, 0) is 37.8 Å². The molecule has 0 aliphatic carbocycles. The average molecular weight is 228 g/mol. The molecule has 3 N–H and O–H groups in total. The van der Waals surface area contributed by atoms with Crippen molar-refractivity contribution >= 4 is 5.91 Å². The van der Waals surface area contributed by atoms with Crippen molar-refractivity contribution in [1.29, 1.82) is 0 Å². The topological polar surface area (TPSA) is 61.4 Å². The molecule has 0 radical (unpaired) electrons. The van der Waals surface area contributed by atoms with Crippen LogP contribution in [-0.2, 0) is 4.79 Å². The zero-order chi connectivity index (χ0) is 12.0. The average Bonchev–Trinajstić information content (AvgIpc) is 2.27. The standard InChI is InChI=1S/C12H24N2O2/c1-9(2)11(8-15)14-12(16)6-10-4-3-5-13-7-10/h9-11,13,15H,3-8H2,1-2H3,(H,14,16)/t10?,11-/m1/s1. The number of amides is 1. The summed E-state index contributed by atoms with van der Waals surface area (Å²) in [5.41, 5.74) is 0. The summed E-state index contributed by atoms with van der Waals surface area (Å²) in [5, 5.41) is 15.3. The molecular formula is C12H24N2O2. The van der Waals surface area contributed by atoms with Crippen molar-refractivity contribution in [2.75, 3.05) is 19.7 Å². The summed E-state index contributed by atoms with van der Waals surface area (Å²) < 4.78 is 0. The van der Waals surface area contributed by atoms with E-state index < -0.39 is 0 Å². The molecule has 0 saturated carbocycles. The maximum atomic E-state index is 11.7. The number of nitrogens with one attached hydrogen (secondary N) is 2. The third-order valence-corrected chi connectivity index (χ3v) is 3.22. The van der Waals surface area contributed by atoms with Gasteiger partial charge in [0.15, 0.2) is 0 Å². The summed E-state index contributed by atoms with van der Waals surface area (Å²) in [6.45, 7) is 6.04. The van der Waals surface area contributed by atoms with Gasteiger partial charge in [0.1, 0.15) is 0 Å². The molecule has 4 heteroatoms. The van der Waals surface area contributed by atoms with Crippen molar-refractivity contribution in [2.45, 2.75) is 39.2 Å². The molecule has 0 bridgehead atoms. The number of aliphatic hydroxyl groups is 1. The van der Waals surface area contributed by atoms with Gasteiger partial charge in [-0.15, -0.1) is 0 Å². The third kappa shape index (κ3) is 4.49. The highest BCUT2D eigenvalue weighted by Crippen LogP contribution is 2.14. The predicted octanol–water partition coefficient (Wildman–Crippen LogP) is 0.509. The van der Waals surface area contributed by atoms with Gasteiger partial charge in [0.2, 0.25) is 5.91 Å². The van der Waals surface area contributed by atoms with Crippen LogP contribution in [0.4, 0.5) is 0 Å². The highest BCUT2D eigenvalue weighted by Gasteiger charge is 2.19. The van der Waals surface area contributed by atoms with Gasteiger partial charge in [-0.25, -0.2) is 0 Å². The van der Waals surface area contributed by atoms with E-state index in [1.807, 2.05) is 13.8 Å². The van der Waals surface area contributed by atoms with Crippen molar-refractivity contribution in [1.82, 2.24) is 10.6 Å². The van der Waals surface area contributed by atoms with Gasteiger partial charge in [0.25, 0.3) is 0 Å². The maximum absolute atomic E-state index is 11.7. The molecule has 1 amide bonds. The number of hydrogen-bond acceptors (Lipinski definition) is 3. The molecule has 0 spiro atoms. The second kappa shape index (κ2) is 6.86. The first-order valence-corrected chi connectivity index (χ1v) is 6.24. The highest BCUT2D eigenvalue weighted by molar-refractivity contribution is 5.76. The van der Waals surface area contributed by atoms with Crippen LogP contribution in [0.2, 0.25) is 0 Å². The molecule has 4 nitrogen and oxygen atoms in total. The van der Waals surface area contributed by atoms with E-state index in [9.17, 15) is 4.79 Å². The van der Waals surface area contributed by atoms with E-state index in [-0.39, 0.29) is 24.5 Å². The molecule has 0 aromatic heterocycles. The summed E-state index contributed by atoms with van der Waals surface area (Å²) >= 11 is 0. The Morgan fingerprint density at radius 3 is 2.81 bits per heavy atom. The zero-order valence-electron chi connectivity index (χ0n) is 10.3. The number of carbonyl (C=O) groups is 1. The van der Waals surface area contributed by atoms with E-state index in [1.165, 1.54) is 0 Å². The molecule has 1 aliphatic heterocycles. The lowest BCUT2D eigenvalue weighted by Gasteiger charge is -2.24. The Kier molecular flexibility index (Phi) is 5.77. The van der Waals surface area contributed by atoms with Crippen molar-refractivity contribution in [3.05, 3.63) is 0 Å². The first-order chi connectivity index (χ1) is 7.63. The first kappa shape index (κ1) is 13.5. The van der Waals surface area contributed by atoms with E-state index in [1.54, 1.807) is 0 Å². The third-order valence-electron chi connectivity index (χ3n) is 3.22. The van der Waals surface area contributed by atoms with Gasteiger partial charge in [0, 0.05) is 6.42 Å². The smallest absolute Gasteiger partial charge is 0.220 e. The summed E-state index contributed by atoms with van der Waals surface area (Å²) in [5.74, 6) is 0.806. The van der Waals surface area contributed by atoms with Crippen molar-refractivity contribution in [3.63, 3.8) is 0 Å². The van der Waals surface area contributed by atoms with Gasteiger partial charge in [-0.2, -0.15) is 0 Å². The van der Waals surface area contributed by atoms with Crippen molar-refractivity contribution in [2.24, 2.45) is 11.8 Å². The summed E-state index contributed by atoms with van der Waals surface area (Å²) in [7, 11) is 0. The molecule has 0 aromatic carbocycles. The zero-order valence-corrected chi connectivity index (χ0v) is 10.3. The van der Waals surface area contributed by atoms with Crippen LogP contribution < -0.4 is 10.6 Å². The minimum atomic E-state index is -0.107. The van der Waals surface area contributed by atoms with Crippen LogP contribution in [0.15, 0.2) is 0 Å². The summed E-state index contributed by atoms with van der Waals surface area (Å²) in [4.78, 5) is 11.7. The number of aliphatic hydroxyl groups excluding tert-OH is 1. The van der Waals surface area contributed by atoms with Crippen LogP contribution in [0.3, 0.4) is 0 Å². The monoisotopic (exact) mass is 228 g/mol. The normalized spacial score (nSPS) is 23.1. The molecule has 1 saturated heterocycles. The molecule has 1 aliphatic rings. The lowest BCUT2D eigenvalue weighted by molar-refractivity contribution is -0.123. The number of rotatable bonds is 5. The lowest BCUT2D eigenvalue weighted by atomic mass is 9.95. The van der Waals surface area contributed by atoms with Crippen molar-refractivity contribution in [3.8, 4) is 0 Å². The molecule has 1 unspecified atom stereocenters. The fourth-order valence-electron chi connectivity index (χ4n) is 2.05. The van der Waals surface area contributed by atoms with Gasteiger partial charge < -0.3 is 15.7 Å². The molecule has 1 rings (SSSR count). The lowest BCUT2D eigenvalue weighted by Crippen LogP contribution is -2.43. The number of hydrogen-bond donors (Lipinski definition) is 3.